The standard InChI is InChI=1S/C18H20F2N2O3/c19-18(20)6-5-13(25-10-18)9-22-16(23)14-7-11-3-1-2-4-12(11)8-15(14)21-17(22)24/h7-8,13H,1-6,9-10H2,(H,21,24). The van der Waals surface area contributed by atoms with Gasteiger partial charge in [0.1, 0.15) is 6.61 Å². The second-order valence-electron chi connectivity index (χ2n) is 7.05. The molecule has 1 atom stereocenters. The molecule has 25 heavy (non-hydrogen) atoms. The Morgan fingerprint density at radius 1 is 1.20 bits per heavy atom. The van der Waals surface area contributed by atoms with Crippen molar-refractivity contribution >= 4 is 10.9 Å². The monoisotopic (exact) mass is 350 g/mol. The average Bonchev–Trinajstić information content (AvgIpc) is 2.58. The molecule has 0 saturated carbocycles. The van der Waals surface area contributed by atoms with Gasteiger partial charge in [-0.3, -0.25) is 9.36 Å². The zero-order valence-electron chi connectivity index (χ0n) is 13.8. The number of aromatic amines is 1. The number of benzene rings is 1. The summed E-state index contributed by atoms with van der Waals surface area (Å²) in [6, 6.07) is 3.77. The highest BCUT2D eigenvalue weighted by Gasteiger charge is 2.36. The lowest BCUT2D eigenvalue weighted by molar-refractivity contribution is -0.146. The molecule has 5 nitrogen and oxygen atoms in total. The van der Waals surface area contributed by atoms with Gasteiger partial charge in [-0.1, -0.05) is 0 Å². The van der Waals surface area contributed by atoms with E-state index in [4.69, 9.17) is 4.74 Å². The van der Waals surface area contributed by atoms with Crippen molar-refractivity contribution in [2.45, 2.75) is 57.1 Å². The Bertz CT molecular complexity index is 922. The van der Waals surface area contributed by atoms with Crippen LogP contribution in [-0.2, 0) is 24.1 Å². The second-order valence-corrected chi connectivity index (χ2v) is 7.05. The van der Waals surface area contributed by atoms with Crippen molar-refractivity contribution in [3.63, 3.8) is 0 Å². The number of ether oxygens (including phenoxy) is 1. The van der Waals surface area contributed by atoms with Crippen LogP contribution in [0.25, 0.3) is 10.9 Å². The Hall–Kier alpha value is -2.02. The van der Waals surface area contributed by atoms with Gasteiger partial charge in [0.15, 0.2) is 0 Å². The van der Waals surface area contributed by atoms with Gasteiger partial charge >= 0.3 is 5.69 Å². The summed E-state index contributed by atoms with van der Waals surface area (Å²) in [5.41, 5.74) is 1.98. The van der Waals surface area contributed by atoms with Crippen LogP contribution in [0.3, 0.4) is 0 Å². The largest absolute Gasteiger partial charge is 0.370 e. The van der Waals surface area contributed by atoms with E-state index >= 15 is 0 Å². The Morgan fingerprint density at radius 3 is 2.60 bits per heavy atom. The fourth-order valence-corrected chi connectivity index (χ4v) is 3.77. The molecule has 1 aromatic carbocycles. The van der Waals surface area contributed by atoms with Crippen LogP contribution in [0.15, 0.2) is 21.7 Å². The SMILES string of the molecule is O=c1[nH]c2cc3c(cc2c(=O)n1CC1CCC(F)(F)CO1)CCCC3. The number of alkyl halides is 2. The molecule has 0 bridgehead atoms. The van der Waals surface area contributed by atoms with Gasteiger partial charge in [-0.25, -0.2) is 13.6 Å². The summed E-state index contributed by atoms with van der Waals surface area (Å²) in [5.74, 6) is -2.82. The molecule has 2 heterocycles. The maximum absolute atomic E-state index is 13.2. The summed E-state index contributed by atoms with van der Waals surface area (Å²) in [4.78, 5) is 27.9. The minimum absolute atomic E-state index is 0.00271. The molecule has 1 fully saturated rings. The number of nitrogens with one attached hydrogen (secondary N) is 1. The molecule has 1 saturated heterocycles. The molecule has 134 valence electrons. The predicted molar refractivity (Wildman–Crippen MR) is 89.4 cm³/mol. The average molecular weight is 350 g/mol. The van der Waals surface area contributed by atoms with E-state index in [0.29, 0.717) is 10.9 Å². The lowest BCUT2D eigenvalue weighted by atomic mass is 9.90. The first-order valence-corrected chi connectivity index (χ1v) is 8.71. The van der Waals surface area contributed by atoms with Crippen molar-refractivity contribution < 1.29 is 13.5 Å². The van der Waals surface area contributed by atoms with E-state index in [1.54, 1.807) is 0 Å². The summed E-state index contributed by atoms with van der Waals surface area (Å²) in [6.07, 6.45) is 3.40. The van der Waals surface area contributed by atoms with Crippen molar-refractivity contribution in [3.05, 3.63) is 44.1 Å². The number of nitrogens with zero attached hydrogens (tertiary/aromatic N) is 1. The van der Waals surface area contributed by atoms with Crippen molar-refractivity contribution in [2.24, 2.45) is 0 Å². The van der Waals surface area contributed by atoms with Gasteiger partial charge < -0.3 is 9.72 Å². The summed E-state index contributed by atoms with van der Waals surface area (Å²) in [5, 5.41) is 0.474. The highest BCUT2D eigenvalue weighted by Crippen LogP contribution is 2.28. The Morgan fingerprint density at radius 2 is 1.92 bits per heavy atom. The van der Waals surface area contributed by atoms with Crippen molar-refractivity contribution in [3.8, 4) is 0 Å². The van der Waals surface area contributed by atoms with E-state index < -0.39 is 24.3 Å². The third kappa shape index (κ3) is 3.13. The van der Waals surface area contributed by atoms with Crippen LogP contribution in [-0.4, -0.2) is 28.2 Å². The fourth-order valence-electron chi connectivity index (χ4n) is 3.77. The number of fused-ring (bicyclic) bond motifs is 2. The molecule has 1 aliphatic carbocycles. The van der Waals surface area contributed by atoms with Crippen LogP contribution in [0.4, 0.5) is 8.78 Å². The van der Waals surface area contributed by atoms with Gasteiger partial charge in [0.05, 0.1) is 23.6 Å². The molecule has 1 N–H and O–H groups in total. The van der Waals surface area contributed by atoms with Crippen LogP contribution < -0.4 is 11.2 Å². The van der Waals surface area contributed by atoms with Crippen LogP contribution >= 0.6 is 0 Å². The van der Waals surface area contributed by atoms with Gasteiger partial charge in [0.25, 0.3) is 11.5 Å². The minimum Gasteiger partial charge on any atom is -0.370 e. The van der Waals surface area contributed by atoms with Crippen LogP contribution in [0, 0.1) is 0 Å². The lowest BCUT2D eigenvalue weighted by Crippen LogP contribution is -2.42. The van der Waals surface area contributed by atoms with Gasteiger partial charge in [-0.05, 0) is 55.4 Å². The molecular weight excluding hydrogens is 330 g/mol. The highest BCUT2D eigenvalue weighted by atomic mass is 19.3. The van der Waals surface area contributed by atoms with E-state index in [-0.39, 0.29) is 24.9 Å². The smallest absolute Gasteiger partial charge is 0.328 e. The topological polar surface area (TPSA) is 64.1 Å². The van der Waals surface area contributed by atoms with E-state index in [9.17, 15) is 18.4 Å². The van der Waals surface area contributed by atoms with Gasteiger partial charge in [-0.2, -0.15) is 0 Å². The summed E-state index contributed by atoms with van der Waals surface area (Å²) in [6.45, 7) is -0.664. The first kappa shape index (κ1) is 16.4. The number of rotatable bonds is 2. The normalized spacial score (nSPS) is 22.7. The molecule has 0 amide bonds. The van der Waals surface area contributed by atoms with Gasteiger partial charge in [0, 0.05) is 6.42 Å². The third-order valence-electron chi connectivity index (χ3n) is 5.19. The zero-order valence-corrected chi connectivity index (χ0v) is 13.8. The number of hydrogen-bond donors (Lipinski definition) is 1. The number of hydrogen-bond acceptors (Lipinski definition) is 3. The maximum Gasteiger partial charge on any atom is 0.328 e. The second kappa shape index (κ2) is 6.05. The van der Waals surface area contributed by atoms with Crippen LogP contribution in [0.5, 0.6) is 0 Å². The molecule has 2 aromatic rings. The van der Waals surface area contributed by atoms with Crippen molar-refractivity contribution in [1.82, 2.24) is 9.55 Å². The highest BCUT2D eigenvalue weighted by molar-refractivity contribution is 5.79. The first-order valence-electron chi connectivity index (χ1n) is 8.71. The fraction of sp³-hybridized carbons (Fsp3) is 0.556. The lowest BCUT2D eigenvalue weighted by Gasteiger charge is -2.28. The van der Waals surface area contributed by atoms with Crippen molar-refractivity contribution in [2.75, 3.05) is 6.61 Å². The predicted octanol–water partition coefficient (Wildman–Crippen LogP) is 2.38. The molecule has 1 aliphatic heterocycles. The first-order chi connectivity index (χ1) is 11.9. The Labute approximate surface area is 142 Å². The third-order valence-corrected chi connectivity index (χ3v) is 5.19. The minimum atomic E-state index is -2.82. The van der Waals surface area contributed by atoms with Gasteiger partial charge in [0.2, 0.25) is 0 Å². The Kier molecular flexibility index (Phi) is 3.98. The molecule has 0 spiro atoms. The maximum atomic E-state index is 13.2. The quantitative estimate of drug-likeness (QED) is 0.904. The van der Waals surface area contributed by atoms with E-state index in [1.807, 2.05) is 12.1 Å². The molecule has 0 radical (unpaired) electrons. The van der Waals surface area contributed by atoms with Crippen LogP contribution in [0.2, 0.25) is 0 Å². The van der Waals surface area contributed by atoms with E-state index in [1.165, 1.54) is 5.56 Å². The van der Waals surface area contributed by atoms with Crippen LogP contribution in [0.1, 0.15) is 36.8 Å². The summed E-state index contributed by atoms with van der Waals surface area (Å²) < 4.78 is 32.6. The van der Waals surface area contributed by atoms with E-state index in [0.717, 1.165) is 35.8 Å². The molecule has 2 aliphatic rings. The number of aryl methyl sites for hydroxylation is 2. The molecule has 1 unspecified atom stereocenters. The number of aromatic nitrogens is 2. The molecule has 7 heteroatoms. The summed E-state index contributed by atoms with van der Waals surface area (Å²) >= 11 is 0. The van der Waals surface area contributed by atoms with E-state index in [2.05, 4.69) is 4.98 Å². The number of halogens is 2. The Balaban J connectivity index is 1.70. The zero-order chi connectivity index (χ0) is 17.6. The summed E-state index contributed by atoms with van der Waals surface area (Å²) in [7, 11) is 0. The molecule has 1 aromatic heterocycles. The molecule has 4 rings (SSSR count). The number of H-pyrrole nitrogens is 1. The molecular formula is C18H20F2N2O3. The van der Waals surface area contributed by atoms with Crippen molar-refractivity contribution in [1.29, 1.82) is 0 Å². The van der Waals surface area contributed by atoms with Gasteiger partial charge in [-0.15, -0.1) is 0 Å².